The number of piperidine rings is 1. The van der Waals surface area contributed by atoms with Gasteiger partial charge in [-0.3, -0.25) is 4.99 Å². The van der Waals surface area contributed by atoms with Gasteiger partial charge in [0.1, 0.15) is 5.82 Å². The second kappa shape index (κ2) is 13.4. The van der Waals surface area contributed by atoms with Crippen LogP contribution in [0.1, 0.15) is 52.4 Å². The molecule has 6 heteroatoms. The van der Waals surface area contributed by atoms with Crippen molar-refractivity contribution in [1.82, 2.24) is 20.5 Å². The highest BCUT2D eigenvalue weighted by Crippen LogP contribution is 2.16. The fourth-order valence-corrected chi connectivity index (χ4v) is 3.44. The van der Waals surface area contributed by atoms with Crippen LogP contribution in [0.25, 0.3) is 0 Å². The van der Waals surface area contributed by atoms with E-state index >= 15 is 0 Å². The van der Waals surface area contributed by atoms with Crippen molar-refractivity contribution in [3.63, 3.8) is 0 Å². The van der Waals surface area contributed by atoms with Gasteiger partial charge in [0, 0.05) is 45.0 Å². The van der Waals surface area contributed by atoms with E-state index in [2.05, 4.69) is 39.7 Å². The minimum Gasteiger partial charge on any atom is -0.370 e. The molecule has 1 atom stereocenters. The van der Waals surface area contributed by atoms with Crippen molar-refractivity contribution in [3.8, 4) is 0 Å². The summed E-state index contributed by atoms with van der Waals surface area (Å²) in [6, 6.07) is 6.68. The summed E-state index contributed by atoms with van der Waals surface area (Å²) in [5, 5.41) is 10.1. The maximum absolute atomic E-state index is 4.73. The molecule has 1 aliphatic heterocycles. The molecule has 152 valence electrons. The van der Waals surface area contributed by atoms with Gasteiger partial charge in [-0.2, -0.15) is 0 Å². The van der Waals surface area contributed by atoms with Gasteiger partial charge in [0.25, 0.3) is 0 Å². The monoisotopic (exact) mass is 374 g/mol. The zero-order valence-corrected chi connectivity index (χ0v) is 17.2. The summed E-state index contributed by atoms with van der Waals surface area (Å²) in [7, 11) is 0. The molecule has 0 aromatic carbocycles. The van der Waals surface area contributed by atoms with Gasteiger partial charge in [-0.15, -0.1) is 0 Å². The van der Waals surface area contributed by atoms with E-state index in [1.165, 1.54) is 32.4 Å². The van der Waals surface area contributed by atoms with Gasteiger partial charge in [0.15, 0.2) is 5.96 Å². The van der Waals surface area contributed by atoms with Gasteiger partial charge < -0.3 is 20.9 Å². The smallest absolute Gasteiger partial charge is 0.191 e. The first-order chi connectivity index (χ1) is 13.3. The van der Waals surface area contributed by atoms with Crippen LogP contribution in [-0.4, -0.2) is 61.2 Å². The Morgan fingerprint density at radius 2 is 2.07 bits per heavy atom. The normalized spacial score (nSPS) is 18.3. The van der Waals surface area contributed by atoms with Gasteiger partial charge in [0.2, 0.25) is 0 Å². The molecule has 0 spiro atoms. The lowest BCUT2D eigenvalue weighted by Crippen LogP contribution is -2.39. The molecule has 6 nitrogen and oxygen atoms in total. The summed E-state index contributed by atoms with van der Waals surface area (Å²) in [6.45, 7) is 10.6. The number of rotatable bonds is 11. The number of pyridine rings is 1. The van der Waals surface area contributed by atoms with Crippen LogP contribution in [0.15, 0.2) is 29.4 Å². The molecule has 0 aliphatic carbocycles. The second-order valence-electron chi connectivity index (χ2n) is 7.27. The van der Waals surface area contributed by atoms with Crippen LogP contribution in [0.3, 0.4) is 0 Å². The number of aliphatic imine (C=N–C) groups is 1. The molecular weight excluding hydrogens is 336 g/mol. The van der Waals surface area contributed by atoms with E-state index in [0.717, 1.165) is 63.3 Å². The first-order valence-corrected chi connectivity index (χ1v) is 10.7. The Kier molecular flexibility index (Phi) is 10.6. The van der Waals surface area contributed by atoms with E-state index < -0.39 is 0 Å². The number of anilines is 1. The standard InChI is InChI=1S/C21H38N6/c1-3-22-21(26-16-10-18-27-17-9-5-11-19(27)2)25-15-8-7-14-24-20-12-4-6-13-23-20/h4,6,12-13,19H,3,5,7-11,14-18H2,1-2H3,(H,23,24)(H2,22,25,26). The lowest BCUT2D eigenvalue weighted by Gasteiger charge is -2.33. The van der Waals surface area contributed by atoms with Crippen molar-refractivity contribution < 1.29 is 0 Å². The summed E-state index contributed by atoms with van der Waals surface area (Å²) in [4.78, 5) is 11.6. The fraction of sp³-hybridized carbons (Fsp3) is 0.714. The average molecular weight is 375 g/mol. The summed E-state index contributed by atoms with van der Waals surface area (Å²) in [5.41, 5.74) is 0. The fourth-order valence-electron chi connectivity index (χ4n) is 3.44. The van der Waals surface area contributed by atoms with E-state index in [4.69, 9.17) is 4.99 Å². The van der Waals surface area contributed by atoms with Crippen LogP contribution in [-0.2, 0) is 0 Å². The molecule has 0 radical (unpaired) electrons. The molecule has 1 unspecified atom stereocenters. The second-order valence-corrected chi connectivity index (χ2v) is 7.27. The quantitative estimate of drug-likeness (QED) is 0.316. The Morgan fingerprint density at radius 3 is 2.85 bits per heavy atom. The molecule has 0 saturated carbocycles. The minimum atomic E-state index is 0.744. The van der Waals surface area contributed by atoms with Crippen molar-refractivity contribution >= 4 is 11.8 Å². The third-order valence-corrected chi connectivity index (χ3v) is 5.03. The zero-order chi connectivity index (χ0) is 19.2. The maximum atomic E-state index is 4.73. The molecule has 1 aliphatic rings. The topological polar surface area (TPSA) is 64.6 Å². The third kappa shape index (κ3) is 9.09. The van der Waals surface area contributed by atoms with Crippen LogP contribution in [0.5, 0.6) is 0 Å². The number of nitrogens with one attached hydrogen (secondary N) is 3. The van der Waals surface area contributed by atoms with E-state index in [1.54, 1.807) is 0 Å². The molecule has 1 fully saturated rings. The number of hydrogen-bond acceptors (Lipinski definition) is 4. The predicted octanol–water partition coefficient (Wildman–Crippen LogP) is 3.09. The largest absolute Gasteiger partial charge is 0.370 e. The molecule has 0 amide bonds. The summed E-state index contributed by atoms with van der Waals surface area (Å²) in [5.74, 6) is 1.89. The van der Waals surface area contributed by atoms with Crippen LogP contribution < -0.4 is 16.0 Å². The lowest BCUT2D eigenvalue weighted by atomic mass is 10.0. The number of aromatic nitrogens is 1. The number of unbranched alkanes of at least 4 members (excludes halogenated alkanes) is 1. The van der Waals surface area contributed by atoms with Gasteiger partial charge >= 0.3 is 0 Å². The van der Waals surface area contributed by atoms with Crippen LogP contribution in [0.4, 0.5) is 5.82 Å². The van der Waals surface area contributed by atoms with Crippen LogP contribution in [0.2, 0.25) is 0 Å². The highest BCUT2D eigenvalue weighted by atomic mass is 15.2. The van der Waals surface area contributed by atoms with Crippen molar-refractivity contribution in [2.45, 2.75) is 58.4 Å². The van der Waals surface area contributed by atoms with Gasteiger partial charge in [-0.1, -0.05) is 12.5 Å². The summed E-state index contributed by atoms with van der Waals surface area (Å²) >= 11 is 0. The number of hydrogen-bond donors (Lipinski definition) is 3. The zero-order valence-electron chi connectivity index (χ0n) is 17.2. The Morgan fingerprint density at radius 1 is 1.19 bits per heavy atom. The number of nitrogens with zero attached hydrogens (tertiary/aromatic N) is 3. The summed E-state index contributed by atoms with van der Waals surface area (Å²) < 4.78 is 0. The van der Waals surface area contributed by atoms with Gasteiger partial charge in [-0.05, 0) is 64.6 Å². The first-order valence-electron chi connectivity index (χ1n) is 10.7. The van der Waals surface area contributed by atoms with E-state index in [9.17, 15) is 0 Å². The molecule has 27 heavy (non-hydrogen) atoms. The van der Waals surface area contributed by atoms with Gasteiger partial charge in [-0.25, -0.2) is 4.98 Å². The Bertz CT molecular complexity index is 519. The van der Waals surface area contributed by atoms with E-state index in [1.807, 2.05) is 24.4 Å². The van der Waals surface area contributed by atoms with Gasteiger partial charge in [0.05, 0.1) is 0 Å². The maximum Gasteiger partial charge on any atom is 0.191 e. The highest BCUT2D eigenvalue weighted by molar-refractivity contribution is 5.79. The van der Waals surface area contributed by atoms with Crippen molar-refractivity contribution in [1.29, 1.82) is 0 Å². The Labute approximate surface area is 165 Å². The van der Waals surface area contributed by atoms with Crippen LogP contribution >= 0.6 is 0 Å². The average Bonchev–Trinajstić information content (AvgIpc) is 2.69. The lowest BCUT2D eigenvalue weighted by molar-refractivity contribution is 0.160. The Hall–Kier alpha value is -1.82. The highest BCUT2D eigenvalue weighted by Gasteiger charge is 2.16. The molecule has 2 heterocycles. The van der Waals surface area contributed by atoms with Crippen LogP contribution in [0, 0.1) is 0 Å². The molecule has 1 saturated heterocycles. The van der Waals surface area contributed by atoms with E-state index in [-0.39, 0.29) is 0 Å². The first kappa shape index (κ1) is 21.5. The molecular formula is C21H38N6. The van der Waals surface area contributed by atoms with Crippen molar-refractivity contribution in [2.75, 3.05) is 44.6 Å². The molecule has 0 bridgehead atoms. The Balaban J connectivity index is 1.56. The number of likely N-dealkylation sites (tertiary alicyclic amines) is 1. The number of guanidine groups is 1. The van der Waals surface area contributed by atoms with Crippen molar-refractivity contribution in [2.24, 2.45) is 4.99 Å². The SMILES string of the molecule is CCNC(=NCCCN1CCCCC1C)NCCCCNc1ccccn1. The predicted molar refractivity (Wildman–Crippen MR) is 115 cm³/mol. The summed E-state index contributed by atoms with van der Waals surface area (Å²) in [6.07, 6.45) is 9.26. The van der Waals surface area contributed by atoms with Crippen molar-refractivity contribution in [3.05, 3.63) is 24.4 Å². The molecule has 3 N–H and O–H groups in total. The minimum absolute atomic E-state index is 0.744. The molecule has 1 aromatic rings. The van der Waals surface area contributed by atoms with E-state index in [0.29, 0.717) is 0 Å². The molecule has 2 rings (SSSR count). The third-order valence-electron chi connectivity index (χ3n) is 5.03. The molecule has 1 aromatic heterocycles.